The first-order valence-corrected chi connectivity index (χ1v) is 39.5. The molecule has 0 heterocycles. The largest absolute Gasteiger partial charge is 0.480 e. The van der Waals surface area contributed by atoms with Crippen molar-refractivity contribution in [1.82, 2.24) is 42.5 Å². The van der Waals surface area contributed by atoms with Gasteiger partial charge in [-0.15, -0.1) is 0 Å². The maximum Gasteiger partial charge on any atom is 0.321 e. The van der Waals surface area contributed by atoms with Gasteiger partial charge in [-0.2, -0.15) is 0 Å². The summed E-state index contributed by atoms with van der Waals surface area (Å²) in [5, 5.41) is 44.7. The standard InChI is InChI=1S/C46H94N4O3.C30H62N4O3/c1-3-5-7-9-11-13-15-17-19-21-23-25-27-29-31-33-37-47-39-35-41-49-44(46(52)53)43-45(51)50-42-36-40-48-38-34-32-30-28-26-24-22-20-18-16-14-12-10-8-6-4-2;1-3-5-7-9-11-13-15-17-21-31-23-19-25-33-28(30(36)37)27-29(35)34-26-20-24-32-22-18-16-14-12-10-8-6-4-2/h44,47-49H,3-43H2,1-2H3,(H,50,51)(H,52,53);28,31-33H,3-27H2,1-2H3,(H,34,35)(H,36,37)/t44-;28-/m00/s1. The summed E-state index contributed by atoms with van der Waals surface area (Å²) in [6.07, 6.45) is 68.9. The number of rotatable bonds is 76. The zero-order valence-corrected chi connectivity index (χ0v) is 60.4. The van der Waals surface area contributed by atoms with Gasteiger partial charge >= 0.3 is 11.9 Å². The number of hydrogen-bond donors (Lipinski definition) is 10. The van der Waals surface area contributed by atoms with Crippen LogP contribution in [-0.4, -0.2) is 125 Å². The molecule has 0 bridgehead atoms. The van der Waals surface area contributed by atoms with E-state index in [0.717, 1.165) is 78.0 Å². The van der Waals surface area contributed by atoms with Crippen LogP contribution in [0.3, 0.4) is 0 Å². The second kappa shape index (κ2) is 79.1. The number of nitrogens with one attached hydrogen (secondary N) is 8. The molecule has 0 saturated heterocycles. The minimum atomic E-state index is -0.964. The van der Waals surface area contributed by atoms with Gasteiger partial charge in [0.2, 0.25) is 11.8 Å². The first kappa shape index (κ1) is 89.7. The third-order valence-corrected chi connectivity index (χ3v) is 17.8. The van der Waals surface area contributed by atoms with E-state index in [4.69, 9.17) is 0 Å². The lowest BCUT2D eigenvalue weighted by molar-refractivity contribution is -0.142. The summed E-state index contributed by atoms with van der Waals surface area (Å²) in [5.41, 5.74) is 0. The quantitative estimate of drug-likeness (QED) is 0.0258. The summed E-state index contributed by atoms with van der Waals surface area (Å²) in [6, 6.07) is -1.66. The molecule has 0 unspecified atom stereocenters. The van der Waals surface area contributed by atoms with Gasteiger partial charge in [0.15, 0.2) is 0 Å². The Hall–Kier alpha value is -2.36. The normalized spacial score (nSPS) is 12.0. The number of unbranched alkanes of at least 4 members (excludes halogenated alkanes) is 44. The molecule has 0 rings (SSSR count). The zero-order chi connectivity index (χ0) is 65.8. The van der Waals surface area contributed by atoms with Crippen molar-refractivity contribution >= 4 is 23.8 Å². The Morgan fingerprint density at radius 2 is 0.389 bits per heavy atom. The van der Waals surface area contributed by atoms with Gasteiger partial charge in [-0.25, -0.2) is 0 Å². The fraction of sp³-hybridized carbons (Fsp3) is 0.947. The molecule has 90 heavy (non-hydrogen) atoms. The van der Waals surface area contributed by atoms with Crippen molar-refractivity contribution in [2.75, 3.05) is 78.5 Å². The molecule has 0 spiro atoms. The Kier molecular flexibility index (Phi) is 78.8. The Bertz CT molecular complexity index is 1450. The highest BCUT2D eigenvalue weighted by molar-refractivity contribution is 5.84. The molecule has 0 saturated carbocycles. The summed E-state index contributed by atoms with van der Waals surface area (Å²) >= 11 is 0. The van der Waals surface area contributed by atoms with Crippen molar-refractivity contribution in [3.8, 4) is 0 Å². The number of aliphatic carboxylic acids is 2. The first-order valence-electron chi connectivity index (χ1n) is 39.5. The van der Waals surface area contributed by atoms with E-state index < -0.39 is 24.0 Å². The number of carboxylic acid groups (broad SMARTS) is 2. The van der Waals surface area contributed by atoms with Crippen molar-refractivity contribution in [2.24, 2.45) is 0 Å². The molecule has 2 amide bonds. The average Bonchev–Trinajstić information content (AvgIpc) is 3.57. The summed E-state index contributed by atoms with van der Waals surface area (Å²) in [6.45, 7) is 19.0. The lowest BCUT2D eigenvalue weighted by Crippen LogP contribution is -2.42. The Morgan fingerprint density at radius 1 is 0.222 bits per heavy atom. The molecule has 0 radical (unpaired) electrons. The van der Waals surface area contributed by atoms with Gasteiger partial charge < -0.3 is 52.7 Å². The summed E-state index contributed by atoms with van der Waals surface area (Å²) < 4.78 is 0. The van der Waals surface area contributed by atoms with Gasteiger partial charge in [-0.1, -0.05) is 310 Å². The summed E-state index contributed by atoms with van der Waals surface area (Å²) in [5.74, 6) is -2.31. The van der Waals surface area contributed by atoms with Crippen LogP contribution in [0.1, 0.15) is 374 Å². The van der Waals surface area contributed by atoms with Crippen LogP contribution in [0.4, 0.5) is 0 Å². The SMILES string of the molecule is CCCCCCCCCCCCCCCCCCNCCCNC(=O)C[C@H](NCCCNCCCCCCCCCCCCCCCCCC)C(=O)O.CCCCCCCCCCNCCCNC(=O)C[C@H](NCCCNCCCCCCCCCC)C(=O)O. The van der Waals surface area contributed by atoms with E-state index in [1.807, 2.05) is 0 Å². The van der Waals surface area contributed by atoms with Gasteiger partial charge in [0.05, 0.1) is 12.8 Å². The number of amides is 2. The van der Waals surface area contributed by atoms with Crippen molar-refractivity contribution < 1.29 is 29.4 Å². The highest BCUT2D eigenvalue weighted by Gasteiger charge is 2.21. The minimum absolute atomic E-state index is 0.0193. The van der Waals surface area contributed by atoms with Crippen molar-refractivity contribution in [3.63, 3.8) is 0 Å². The van der Waals surface area contributed by atoms with Crippen LogP contribution < -0.4 is 42.5 Å². The molecule has 0 aromatic rings. The Morgan fingerprint density at radius 3 is 0.578 bits per heavy atom. The van der Waals surface area contributed by atoms with Crippen molar-refractivity contribution in [2.45, 2.75) is 387 Å². The zero-order valence-electron chi connectivity index (χ0n) is 60.4. The second-order valence-electron chi connectivity index (χ2n) is 26.8. The molecule has 0 aromatic carbocycles. The molecule has 14 heteroatoms. The lowest BCUT2D eigenvalue weighted by atomic mass is 10.0. The van der Waals surface area contributed by atoms with Gasteiger partial charge in [0.1, 0.15) is 12.1 Å². The van der Waals surface area contributed by atoms with Crippen molar-refractivity contribution in [3.05, 3.63) is 0 Å². The molecule has 0 aliphatic heterocycles. The van der Waals surface area contributed by atoms with E-state index in [1.165, 1.54) is 308 Å². The highest BCUT2D eigenvalue weighted by Crippen LogP contribution is 2.16. The van der Waals surface area contributed by atoms with Crippen LogP contribution in [0.25, 0.3) is 0 Å². The van der Waals surface area contributed by atoms with Crippen LogP contribution >= 0.6 is 0 Å². The van der Waals surface area contributed by atoms with Crippen LogP contribution in [-0.2, 0) is 19.2 Å². The van der Waals surface area contributed by atoms with Gasteiger partial charge in [0, 0.05) is 13.1 Å². The fourth-order valence-electron chi connectivity index (χ4n) is 11.7. The average molecular weight is 1280 g/mol. The smallest absolute Gasteiger partial charge is 0.321 e. The maximum absolute atomic E-state index is 12.3. The monoisotopic (exact) mass is 1280 g/mol. The maximum atomic E-state index is 12.3. The predicted octanol–water partition coefficient (Wildman–Crippen LogP) is 17.8. The van der Waals surface area contributed by atoms with E-state index in [0.29, 0.717) is 26.2 Å². The van der Waals surface area contributed by atoms with Gasteiger partial charge in [-0.05, 0) is 117 Å². The van der Waals surface area contributed by atoms with Crippen LogP contribution in [0.5, 0.6) is 0 Å². The number of carbonyl (C=O) groups is 4. The molecule has 536 valence electrons. The Balaban J connectivity index is 0. The molecule has 14 nitrogen and oxygen atoms in total. The molecule has 0 fully saturated rings. The third kappa shape index (κ3) is 76.4. The fourth-order valence-corrected chi connectivity index (χ4v) is 11.7. The second-order valence-corrected chi connectivity index (χ2v) is 26.8. The summed E-state index contributed by atoms with van der Waals surface area (Å²) in [4.78, 5) is 47.7. The molecule has 10 N–H and O–H groups in total. The topological polar surface area (TPSA) is 205 Å². The first-order chi connectivity index (χ1) is 44.2. The van der Waals surface area contributed by atoms with Crippen LogP contribution in [0.2, 0.25) is 0 Å². The Labute approximate surface area is 558 Å². The van der Waals surface area contributed by atoms with E-state index in [-0.39, 0.29) is 24.7 Å². The molecule has 0 aliphatic rings. The number of carboxylic acids is 2. The van der Waals surface area contributed by atoms with E-state index in [9.17, 15) is 29.4 Å². The summed E-state index contributed by atoms with van der Waals surface area (Å²) in [7, 11) is 0. The molecule has 0 aliphatic carbocycles. The van der Waals surface area contributed by atoms with Gasteiger partial charge in [-0.3, -0.25) is 19.2 Å². The molecule has 0 aromatic heterocycles. The molecular weight excluding hydrogens is 1120 g/mol. The predicted molar refractivity (Wildman–Crippen MR) is 388 cm³/mol. The third-order valence-electron chi connectivity index (χ3n) is 17.8. The molecule has 2 atom stereocenters. The van der Waals surface area contributed by atoms with Crippen LogP contribution in [0.15, 0.2) is 0 Å². The van der Waals surface area contributed by atoms with E-state index in [2.05, 4.69) is 70.2 Å². The minimum Gasteiger partial charge on any atom is -0.480 e. The van der Waals surface area contributed by atoms with E-state index in [1.54, 1.807) is 0 Å². The number of carbonyl (C=O) groups excluding carboxylic acids is 2. The lowest BCUT2D eigenvalue weighted by Gasteiger charge is -2.14. The van der Waals surface area contributed by atoms with Crippen molar-refractivity contribution in [1.29, 1.82) is 0 Å². The van der Waals surface area contributed by atoms with Gasteiger partial charge in [0.25, 0.3) is 0 Å². The highest BCUT2D eigenvalue weighted by atomic mass is 16.4. The van der Waals surface area contributed by atoms with E-state index >= 15 is 0 Å². The molecular formula is C76H156N8O6. The van der Waals surface area contributed by atoms with Crippen LogP contribution in [0, 0.1) is 0 Å². The number of hydrogen-bond acceptors (Lipinski definition) is 10.